The molecular formula is C16H13NO2. The fraction of sp³-hybridized carbons (Fsp3) is 0.125. The van der Waals surface area contributed by atoms with Gasteiger partial charge in [0.2, 0.25) is 0 Å². The Bertz CT molecular complexity index is 641. The largest absolute Gasteiger partial charge is 0.488 e. The highest BCUT2D eigenvalue weighted by Crippen LogP contribution is 2.20. The maximum atomic E-state index is 11.5. The fourth-order valence-corrected chi connectivity index (χ4v) is 1.78. The standard InChI is InChI=1S/C16H13NO2/c1-12(18)15-7-2-3-8-16(15)19-11-14-6-4-5-13(9-14)10-17/h2-9H,11H2,1H3. The average Bonchev–Trinajstić information content (AvgIpc) is 2.45. The van der Waals surface area contributed by atoms with Gasteiger partial charge >= 0.3 is 0 Å². The van der Waals surface area contributed by atoms with E-state index in [9.17, 15) is 4.79 Å². The molecule has 94 valence electrons. The highest BCUT2D eigenvalue weighted by Gasteiger charge is 2.07. The van der Waals surface area contributed by atoms with E-state index in [4.69, 9.17) is 10.00 Å². The zero-order chi connectivity index (χ0) is 13.7. The normalized spacial score (nSPS) is 9.68. The molecule has 0 N–H and O–H groups in total. The second-order valence-corrected chi connectivity index (χ2v) is 4.15. The lowest BCUT2D eigenvalue weighted by atomic mass is 10.1. The van der Waals surface area contributed by atoms with E-state index in [-0.39, 0.29) is 5.78 Å². The van der Waals surface area contributed by atoms with Gasteiger partial charge < -0.3 is 4.74 Å². The lowest BCUT2D eigenvalue weighted by Gasteiger charge is -2.09. The Morgan fingerprint density at radius 1 is 1.21 bits per heavy atom. The average molecular weight is 251 g/mol. The predicted octanol–water partition coefficient (Wildman–Crippen LogP) is 3.34. The van der Waals surface area contributed by atoms with E-state index in [2.05, 4.69) is 6.07 Å². The number of para-hydroxylation sites is 1. The van der Waals surface area contributed by atoms with Gasteiger partial charge in [0.15, 0.2) is 5.78 Å². The van der Waals surface area contributed by atoms with Crippen molar-refractivity contribution in [3.8, 4) is 11.8 Å². The summed E-state index contributed by atoms with van der Waals surface area (Å²) in [6.45, 7) is 1.85. The van der Waals surface area contributed by atoms with Crippen LogP contribution in [0.1, 0.15) is 28.4 Å². The Morgan fingerprint density at radius 2 is 2.00 bits per heavy atom. The first-order valence-electron chi connectivity index (χ1n) is 5.92. The lowest BCUT2D eigenvalue weighted by molar-refractivity contribution is 0.101. The molecule has 19 heavy (non-hydrogen) atoms. The molecule has 2 aromatic rings. The zero-order valence-electron chi connectivity index (χ0n) is 10.6. The van der Waals surface area contributed by atoms with Crippen LogP contribution in [0.4, 0.5) is 0 Å². The Morgan fingerprint density at radius 3 is 2.74 bits per heavy atom. The van der Waals surface area contributed by atoms with E-state index < -0.39 is 0 Å². The van der Waals surface area contributed by atoms with Gasteiger partial charge in [-0.2, -0.15) is 5.26 Å². The third-order valence-electron chi connectivity index (χ3n) is 2.72. The van der Waals surface area contributed by atoms with Crippen molar-refractivity contribution in [3.63, 3.8) is 0 Å². The number of carbonyl (C=O) groups excluding carboxylic acids is 1. The van der Waals surface area contributed by atoms with Crippen LogP contribution in [0.25, 0.3) is 0 Å². The van der Waals surface area contributed by atoms with E-state index in [1.807, 2.05) is 18.2 Å². The third-order valence-corrected chi connectivity index (χ3v) is 2.72. The molecule has 3 heteroatoms. The molecule has 0 atom stereocenters. The van der Waals surface area contributed by atoms with Gasteiger partial charge in [0, 0.05) is 0 Å². The summed E-state index contributed by atoms with van der Waals surface area (Å²) in [7, 11) is 0. The number of ether oxygens (including phenoxy) is 1. The molecule has 0 amide bonds. The first kappa shape index (κ1) is 12.8. The maximum Gasteiger partial charge on any atom is 0.163 e. The smallest absolute Gasteiger partial charge is 0.163 e. The maximum absolute atomic E-state index is 11.5. The SMILES string of the molecule is CC(=O)c1ccccc1OCc1cccc(C#N)c1. The molecule has 0 aliphatic carbocycles. The van der Waals surface area contributed by atoms with E-state index in [0.717, 1.165) is 5.56 Å². The quantitative estimate of drug-likeness (QED) is 0.783. The monoisotopic (exact) mass is 251 g/mol. The summed E-state index contributed by atoms with van der Waals surface area (Å²) in [6, 6.07) is 16.4. The molecule has 0 aliphatic rings. The van der Waals surface area contributed by atoms with Crippen LogP contribution in [0.2, 0.25) is 0 Å². The van der Waals surface area contributed by atoms with Gasteiger partial charge in [0.25, 0.3) is 0 Å². The Hall–Kier alpha value is -2.60. The molecule has 2 aromatic carbocycles. The molecule has 3 nitrogen and oxygen atoms in total. The summed E-state index contributed by atoms with van der Waals surface area (Å²) in [4.78, 5) is 11.5. The van der Waals surface area contributed by atoms with Crippen molar-refractivity contribution in [2.75, 3.05) is 0 Å². The molecule has 0 fully saturated rings. The molecule has 0 bridgehead atoms. The minimum atomic E-state index is -0.0265. The summed E-state index contributed by atoms with van der Waals surface area (Å²) in [6.07, 6.45) is 0. The first-order chi connectivity index (χ1) is 9.20. The number of ketones is 1. The molecule has 0 saturated carbocycles. The highest BCUT2D eigenvalue weighted by atomic mass is 16.5. The molecule has 0 saturated heterocycles. The van der Waals surface area contributed by atoms with Gasteiger partial charge in [-0.3, -0.25) is 4.79 Å². The van der Waals surface area contributed by atoms with Gasteiger partial charge in [0.05, 0.1) is 17.2 Å². The van der Waals surface area contributed by atoms with Crippen LogP contribution in [0.15, 0.2) is 48.5 Å². The van der Waals surface area contributed by atoms with Crippen molar-refractivity contribution in [1.82, 2.24) is 0 Å². The van der Waals surface area contributed by atoms with E-state index >= 15 is 0 Å². The zero-order valence-corrected chi connectivity index (χ0v) is 10.6. The molecule has 0 spiro atoms. The summed E-state index contributed by atoms with van der Waals surface area (Å²) in [5, 5.41) is 8.83. The molecule has 0 heterocycles. The number of hydrogen-bond acceptors (Lipinski definition) is 3. The van der Waals surface area contributed by atoms with Gasteiger partial charge in [0.1, 0.15) is 12.4 Å². The minimum absolute atomic E-state index is 0.0265. The summed E-state index contributed by atoms with van der Waals surface area (Å²) >= 11 is 0. The van der Waals surface area contributed by atoms with E-state index in [1.54, 1.807) is 30.3 Å². The highest BCUT2D eigenvalue weighted by molar-refractivity contribution is 5.96. The van der Waals surface area contributed by atoms with E-state index in [1.165, 1.54) is 6.92 Å². The van der Waals surface area contributed by atoms with Crippen molar-refractivity contribution in [2.45, 2.75) is 13.5 Å². The van der Waals surface area contributed by atoms with Crippen molar-refractivity contribution >= 4 is 5.78 Å². The predicted molar refractivity (Wildman–Crippen MR) is 71.9 cm³/mol. The Kier molecular flexibility index (Phi) is 3.94. The molecule has 0 unspecified atom stereocenters. The number of Topliss-reactive ketones (excluding diaryl/α,β-unsaturated/α-hetero) is 1. The van der Waals surface area contributed by atoms with Gasteiger partial charge in [-0.05, 0) is 36.8 Å². The molecule has 0 aromatic heterocycles. The number of hydrogen-bond donors (Lipinski definition) is 0. The number of benzene rings is 2. The van der Waals surface area contributed by atoms with Crippen molar-refractivity contribution < 1.29 is 9.53 Å². The molecule has 0 aliphatic heterocycles. The number of carbonyl (C=O) groups is 1. The Balaban J connectivity index is 2.15. The lowest BCUT2D eigenvalue weighted by Crippen LogP contribution is -2.01. The van der Waals surface area contributed by atoms with Gasteiger partial charge in [-0.1, -0.05) is 24.3 Å². The van der Waals surface area contributed by atoms with Crippen molar-refractivity contribution in [3.05, 3.63) is 65.2 Å². The van der Waals surface area contributed by atoms with Crippen molar-refractivity contribution in [2.24, 2.45) is 0 Å². The topological polar surface area (TPSA) is 50.1 Å². The summed E-state index contributed by atoms with van der Waals surface area (Å²) in [5.41, 5.74) is 2.07. The van der Waals surface area contributed by atoms with Crippen LogP contribution in [0.5, 0.6) is 5.75 Å². The van der Waals surface area contributed by atoms with Crippen LogP contribution in [-0.4, -0.2) is 5.78 Å². The third kappa shape index (κ3) is 3.20. The van der Waals surface area contributed by atoms with Crippen LogP contribution in [0.3, 0.4) is 0 Å². The van der Waals surface area contributed by atoms with Crippen molar-refractivity contribution in [1.29, 1.82) is 5.26 Å². The summed E-state index contributed by atoms with van der Waals surface area (Å²) < 4.78 is 5.65. The number of nitriles is 1. The fourth-order valence-electron chi connectivity index (χ4n) is 1.78. The van der Waals surface area contributed by atoms with E-state index in [0.29, 0.717) is 23.5 Å². The number of rotatable bonds is 4. The minimum Gasteiger partial charge on any atom is -0.488 e. The van der Waals surface area contributed by atoms with Gasteiger partial charge in [-0.15, -0.1) is 0 Å². The molecule has 2 rings (SSSR count). The number of nitrogens with zero attached hydrogens (tertiary/aromatic N) is 1. The van der Waals surface area contributed by atoms with Crippen LogP contribution >= 0.6 is 0 Å². The summed E-state index contributed by atoms with van der Waals surface area (Å²) in [5.74, 6) is 0.540. The Labute approximate surface area is 112 Å². The second kappa shape index (κ2) is 5.83. The molecule has 0 radical (unpaired) electrons. The first-order valence-corrected chi connectivity index (χ1v) is 5.92. The van der Waals surface area contributed by atoms with Crippen LogP contribution in [-0.2, 0) is 6.61 Å². The second-order valence-electron chi connectivity index (χ2n) is 4.15. The molecular weight excluding hydrogens is 238 g/mol. The van der Waals surface area contributed by atoms with Crippen LogP contribution < -0.4 is 4.74 Å². The van der Waals surface area contributed by atoms with Gasteiger partial charge in [-0.25, -0.2) is 0 Å². The van der Waals surface area contributed by atoms with Crippen LogP contribution in [0, 0.1) is 11.3 Å².